The summed E-state index contributed by atoms with van der Waals surface area (Å²) in [5.74, 6) is 0.0227. The zero-order valence-electron chi connectivity index (χ0n) is 6.26. The maximum absolute atomic E-state index is 8.67. The summed E-state index contributed by atoms with van der Waals surface area (Å²) in [4.78, 5) is 0. The summed E-state index contributed by atoms with van der Waals surface area (Å²) >= 11 is 6.48. The van der Waals surface area contributed by atoms with Crippen LogP contribution in [0.5, 0.6) is 0 Å². The van der Waals surface area contributed by atoms with Gasteiger partial charge >= 0.3 is 0 Å². The van der Waals surface area contributed by atoms with Gasteiger partial charge in [0.25, 0.3) is 0 Å². The molecule has 0 aliphatic carbocycles. The molecular formula is C8H7Br2NO. The molecule has 1 heterocycles. The summed E-state index contributed by atoms with van der Waals surface area (Å²) in [7, 11) is 0. The minimum absolute atomic E-state index is 0.0227. The molecule has 1 unspecified atom stereocenters. The summed E-state index contributed by atoms with van der Waals surface area (Å²) in [6.07, 6.45) is 2.40. The highest BCUT2D eigenvalue weighted by Gasteiger charge is 2.08. The van der Waals surface area contributed by atoms with Crippen molar-refractivity contribution in [1.82, 2.24) is 0 Å². The lowest BCUT2D eigenvalue weighted by molar-refractivity contribution is 0.537. The highest BCUT2D eigenvalue weighted by molar-refractivity contribution is 9.10. The van der Waals surface area contributed by atoms with E-state index in [1.807, 2.05) is 6.07 Å². The van der Waals surface area contributed by atoms with Crippen molar-refractivity contribution in [1.29, 1.82) is 5.26 Å². The lowest BCUT2D eigenvalue weighted by atomic mass is 10.1. The van der Waals surface area contributed by atoms with Gasteiger partial charge in [-0.1, -0.05) is 15.9 Å². The second-order valence-electron chi connectivity index (χ2n) is 2.44. The molecule has 0 saturated carbocycles. The molecule has 0 aromatic carbocycles. The summed E-state index contributed by atoms with van der Waals surface area (Å²) < 4.78 is 5.76. The van der Waals surface area contributed by atoms with Gasteiger partial charge in [0.1, 0.15) is 0 Å². The van der Waals surface area contributed by atoms with Crippen LogP contribution < -0.4 is 0 Å². The molecule has 64 valence electrons. The first-order valence-electron chi connectivity index (χ1n) is 3.44. The lowest BCUT2D eigenvalue weighted by Gasteiger charge is -1.99. The first kappa shape index (κ1) is 9.82. The van der Waals surface area contributed by atoms with Crippen molar-refractivity contribution in [2.75, 3.05) is 5.33 Å². The van der Waals surface area contributed by atoms with Gasteiger partial charge in [-0.25, -0.2) is 0 Å². The number of halogens is 2. The largest absolute Gasteiger partial charge is 0.457 e. The topological polar surface area (TPSA) is 36.9 Å². The van der Waals surface area contributed by atoms with E-state index in [0.29, 0.717) is 10.00 Å². The maximum Gasteiger partial charge on any atom is 0.169 e. The molecule has 0 fully saturated rings. The molecule has 0 spiro atoms. The molecule has 4 heteroatoms. The van der Waals surface area contributed by atoms with Crippen molar-refractivity contribution >= 4 is 31.9 Å². The zero-order chi connectivity index (χ0) is 8.97. The first-order chi connectivity index (χ1) is 5.76. The van der Waals surface area contributed by atoms with Crippen LogP contribution in [0, 0.1) is 17.2 Å². The van der Waals surface area contributed by atoms with Gasteiger partial charge in [-0.15, -0.1) is 0 Å². The first-order valence-corrected chi connectivity index (χ1v) is 5.36. The van der Waals surface area contributed by atoms with E-state index in [4.69, 9.17) is 9.68 Å². The van der Waals surface area contributed by atoms with E-state index >= 15 is 0 Å². The van der Waals surface area contributed by atoms with Crippen LogP contribution in [0.2, 0.25) is 0 Å². The van der Waals surface area contributed by atoms with Crippen LogP contribution in [0.3, 0.4) is 0 Å². The van der Waals surface area contributed by atoms with Crippen molar-refractivity contribution in [2.24, 2.45) is 5.92 Å². The van der Waals surface area contributed by atoms with Crippen LogP contribution in [-0.2, 0) is 6.42 Å². The minimum Gasteiger partial charge on any atom is -0.457 e. The van der Waals surface area contributed by atoms with Crippen molar-refractivity contribution in [3.8, 4) is 6.07 Å². The summed E-state index contributed by atoms with van der Waals surface area (Å²) in [5, 5.41) is 9.37. The molecule has 0 radical (unpaired) electrons. The van der Waals surface area contributed by atoms with Crippen LogP contribution in [0.4, 0.5) is 0 Å². The Morgan fingerprint density at radius 3 is 2.83 bits per heavy atom. The van der Waals surface area contributed by atoms with Crippen LogP contribution in [0.25, 0.3) is 0 Å². The minimum atomic E-state index is 0.0227. The van der Waals surface area contributed by atoms with Crippen molar-refractivity contribution < 1.29 is 4.42 Å². The molecule has 1 aromatic heterocycles. The molecule has 0 saturated heterocycles. The highest BCUT2D eigenvalue weighted by Crippen LogP contribution is 2.17. The van der Waals surface area contributed by atoms with Crippen LogP contribution in [0.1, 0.15) is 5.56 Å². The van der Waals surface area contributed by atoms with E-state index < -0.39 is 0 Å². The molecule has 0 bridgehead atoms. The van der Waals surface area contributed by atoms with E-state index in [2.05, 4.69) is 37.9 Å². The van der Waals surface area contributed by atoms with Crippen molar-refractivity contribution in [3.05, 3.63) is 22.6 Å². The van der Waals surface area contributed by atoms with Crippen molar-refractivity contribution in [3.63, 3.8) is 0 Å². The summed E-state index contributed by atoms with van der Waals surface area (Å²) in [5.41, 5.74) is 1.05. The second kappa shape index (κ2) is 4.68. The molecule has 0 aliphatic heterocycles. The Bertz CT molecular complexity index is 289. The predicted molar refractivity (Wildman–Crippen MR) is 53.0 cm³/mol. The number of nitrogens with zero attached hydrogens (tertiary/aromatic N) is 1. The maximum atomic E-state index is 8.67. The molecule has 0 N–H and O–H groups in total. The average Bonchev–Trinajstić information content (AvgIpc) is 2.47. The van der Waals surface area contributed by atoms with Gasteiger partial charge in [-0.3, -0.25) is 0 Å². The molecule has 1 aromatic rings. The second-order valence-corrected chi connectivity index (χ2v) is 3.87. The monoisotopic (exact) mass is 291 g/mol. The van der Waals surface area contributed by atoms with Crippen LogP contribution >= 0.6 is 31.9 Å². The molecular weight excluding hydrogens is 286 g/mol. The van der Waals surface area contributed by atoms with E-state index in [-0.39, 0.29) is 5.92 Å². The fourth-order valence-electron chi connectivity index (χ4n) is 0.872. The van der Waals surface area contributed by atoms with Gasteiger partial charge in [0, 0.05) is 5.33 Å². The van der Waals surface area contributed by atoms with Gasteiger partial charge in [0.15, 0.2) is 4.67 Å². The molecule has 1 atom stereocenters. The molecule has 12 heavy (non-hydrogen) atoms. The molecule has 1 rings (SSSR count). The fraction of sp³-hybridized carbons (Fsp3) is 0.375. The Morgan fingerprint density at radius 2 is 2.42 bits per heavy atom. The van der Waals surface area contributed by atoms with Gasteiger partial charge in [-0.2, -0.15) is 5.26 Å². The average molecular weight is 293 g/mol. The number of hydrogen-bond donors (Lipinski definition) is 0. The predicted octanol–water partition coefficient (Wildman–Crippen LogP) is 3.12. The third-order valence-electron chi connectivity index (χ3n) is 1.47. The Labute approximate surface area is 87.8 Å². The van der Waals surface area contributed by atoms with Gasteiger partial charge < -0.3 is 4.42 Å². The van der Waals surface area contributed by atoms with E-state index in [1.165, 1.54) is 0 Å². The Balaban J connectivity index is 2.58. The normalized spacial score (nSPS) is 12.4. The van der Waals surface area contributed by atoms with E-state index in [9.17, 15) is 0 Å². The molecule has 0 amide bonds. The van der Waals surface area contributed by atoms with Crippen molar-refractivity contribution in [2.45, 2.75) is 6.42 Å². The van der Waals surface area contributed by atoms with Gasteiger partial charge in [-0.05, 0) is 34.0 Å². The van der Waals surface area contributed by atoms with Gasteiger partial charge in [0.2, 0.25) is 0 Å². The van der Waals surface area contributed by atoms with Gasteiger partial charge in [0.05, 0.1) is 18.3 Å². The summed E-state index contributed by atoms with van der Waals surface area (Å²) in [6.45, 7) is 0. The molecule has 0 aliphatic rings. The number of alkyl halides is 1. The zero-order valence-corrected chi connectivity index (χ0v) is 9.43. The number of hydrogen-bond acceptors (Lipinski definition) is 2. The fourth-order valence-corrected chi connectivity index (χ4v) is 1.63. The number of furan rings is 1. The summed E-state index contributed by atoms with van der Waals surface area (Å²) in [6, 6.07) is 4.09. The van der Waals surface area contributed by atoms with E-state index in [0.717, 1.165) is 12.0 Å². The molecule has 2 nitrogen and oxygen atoms in total. The lowest BCUT2D eigenvalue weighted by Crippen LogP contribution is -2.01. The smallest absolute Gasteiger partial charge is 0.169 e. The standard InChI is InChI=1S/C8H7Br2NO/c9-3-7(4-11)1-6-2-8(10)12-5-6/h2,5,7H,1,3H2. The Hall–Kier alpha value is -0.270. The SMILES string of the molecule is N#CC(CBr)Cc1coc(Br)c1. The number of rotatable bonds is 3. The Kier molecular flexibility index (Phi) is 3.83. The third kappa shape index (κ3) is 2.65. The Morgan fingerprint density at radius 1 is 1.67 bits per heavy atom. The number of nitriles is 1. The third-order valence-corrected chi connectivity index (χ3v) is 2.67. The van der Waals surface area contributed by atoms with Crippen LogP contribution in [0.15, 0.2) is 21.4 Å². The highest BCUT2D eigenvalue weighted by atomic mass is 79.9. The van der Waals surface area contributed by atoms with Crippen LogP contribution in [-0.4, -0.2) is 5.33 Å². The quantitative estimate of drug-likeness (QED) is 0.803. The van der Waals surface area contributed by atoms with E-state index in [1.54, 1.807) is 6.26 Å².